The summed E-state index contributed by atoms with van der Waals surface area (Å²) in [6, 6.07) is 4.56. The predicted octanol–water partition coefficient (Wildman–Crippen LogP) is 2.20. The number of aliphatic hydroxyl groups excluding tert-OH is 1. The molecule has 0 spiro atoms. The maximum Gasteiger partial charge on any atom is 0.134 e. The fraction of sp³-hybridized carbons (Fsp3) is 0.688. The molecule has 2 aliphatic heterocycles. The van der Waals surface area contributed by atoms with Gasteiger partial charge in [0.2, 0.25) is 0 Å². The topological polar surface area (TPSA) is 39.6 Å². The van der Waals surface area contributed by atoms with Gasteiger partial charge >= 0.3 is 0 Å². The largest absolute Gasteiger partial charge is 0.389 e. The maximum atomic E-state index is 9.90. The van der Waals surface area contributed by atoms with E-state index in [9.17, 15) is 5.11 Å². The van der Waals surface area contributed by atoms with Gasteiger partial charge in [-0.05, 0) is 45.3 Å². The minimum atomic E-state index is -0.451. The standard InChI is InChI=1S/C16H25N3O/c1-13(20)15-6-5-8-17-16(15)19-11-7-14(12-19)18-9-3-2-4-10-18/h5-6,8,13-14,20H,2-4,7,9-12H2,1H3. The highest BCUT2D eigenvalue weighted by atomic mass is 16.3. The Bertz CT molecular complexity index is 443. The van der Waals surface area contributed by atoms with Gasteiger partial charge in [-0.3, -0.25) is 4.90 Å². The quantitative estimate of drug-likeness (QED) is 0.918. The number of likely N-dealkylation sites (tertiary alicyclic amines) is 1. The summed E-state index contributed by atoms with van der Waals surface area (Å²) in [5.74, 6) is 0.974. The van der Waals surface area contributed by atoms with Crippen LogP contribution >= 0.6 is 0 Å². The Labute approximate surface area is 121 Å². The van der Waals surface area contributed by atoms with E-state index < -0.39 is 6.10 Å². The Morgan fingerprint density at radius 3 is 2.80 bits per heavy atom. The zero-order valence-corrected chi connectivity index (χ0v) is 12.3. The summed E-state index contributed by atoms with van der Waals surface area (Å²) in [5.41, 5.74) is 0.951. The van der Waals surface area contributed by atoms with Crippen LogP contribution in [0.4, 0.5) is 5.82 Å². The zero-order valence-electron chi connectivity index (χ0n) is 12.3. The van der Waals surface area contributed by atoms with Crippen LogP contribution in [0.3, 0.4) is 0 Å². The molecular weight excluding hydrogens is 250 g/mol. The highest BCUT2D eigenvalue weighted by Gasteiger charge is 2.30. The summed E-state index contributed by atoms with van der Waals surface area (Å²) in [6.45, 7) is 6.43. The van der Waals surface area contributed by atoms with E-state index in [4.69, 9.17) is 0 Å². The second kappa shape index (κ2) is 6.10. The molecule has 0 radical (unpaired) electrons. The Morgan fingerprint density at radius 2 is 2.05 bits per heavy atom. The SMILES string of the molecule is CC(O)c1cccnc1N1CCC(N2CCCCC2)C1. The van der Waals surface area contributed by atoms with Crippen LogP contribution in [0.2, 0.25) is 0 Å². The van der Waals surface area contributed by atoms with Gasteiger partial charge in [-0.15, -0.1) is 0 Å². The molecule has 0 saturated carbocycles. The normalized spacial score (nSPS) is 25.9. The zero-order chi connectivity index (χ0) is 13.9. The minimum Gasteiger partial charge on any atom is -0.389 e. The van der Waals surface area contributed by atoms with Crippen LogP contribution in [0.15, 0.2) is 18.3 Å². The molecule has 0 aromatic carbocycles. The highest BCUT2D eigenvalue weighted by Crippen LogP contribution is 2.28. The lowest BCUT2D eigenvalue weighted by molar-refractivity contribution is 0.174. The van der Waals surface area contributed by atoms with Gasteiger partial charge in [0.15, 0.2) is 0 Å². The first-order chi connectivity index (χ1) is 9.75. The molecule has 2 atom stereocenters. The van der Waals surface area contributed by atoms with Crippen LogP contribution in [0.25, 0.3) is 0 Å². The Morgan fingerprint density at radius 1 is 1.25 bits per heavy atom. The van der Waals surface area contributed by atoms with E-state index >= 15 is 0 Å². The summed E-state index contributed by atoms with van der Waals surface area (Å²) in [6.07, 6.45) is 6.68. The molecule has 4 nitrogen and oxygen atoms in total. The van der Waals surface area contributed by atoms with Gasteiger partial charge < -0.3 is 10.0 Å². The summed E-state index contributed by atoms with van der Waals surface area (Å²) in [7, 11) is 0. The molecule has 1 aromatic heterocycles. The van der Waals surface area contributed by atoms with Crippen LogP contribution in [-0.4, -0.2) is 47.2 Å². The van der Waals surface area contributed by atoms with Crippen molar-refractivity contribution in [2.24, 2.45) is 0 Å². The van der Waals surface area contributed by atoms with Crippen molar-refractivity contribution in [3.8, 4) is 0 Å². The van der Waals surface area contributed by atoms with Crippen molar-refractivity contribution < 1.29 is 5.11 Å². The monoisotopic (exact) mass is 275 g/mol. The van der Waals surface area contributed by atoms with Crippen LogP contribution in [-0.2, 0) is 0 Å². The molecule has 2 saturated heterocycles. The Kier molecular flexibility index (Phi) is 4.22. The average molecular weight is 275 g/mol. The lowest BCUT2D eigenvalue weighted by Gasteiger charge is -2.32. The predicted molar refractivity (Wildman–Crippen MR) is 80.9 cm³/mol. The third kappa shape index (κ3) is 2.81. The molecular formula is C16H25N3O. The molecule has 2 fully saturated rings. The highest BCUT2D eigenvalue weighted by molar-refractivity contribution is 5.49. The van der Waals surface area contributed by atoms with E-state index in [1.165, 1.54) is 38.8 Å². The summed E-state index contributed by atoms with van der Waals surface area (Å²) < 4.78 is 0. The number of nitrogens with zero attached hydrogens (tertiary/aromatic N) is 3. The van der Waals surface area contributed by atoms with Crippen molar-refractivity contribution in [2.45, 2.75) is 44.8 Å². The van der Waals surface area contributed by atoms with E-state index in [2.05, 4.69) is 14.8 Å². The van der Waals surface area contributed by atoms with Crippen molar-refractivity contribution in [3.63, 3.8) is 0 Å². The maximum absolute atomic E-state index is 9.90. The molecule has 2 unspecified atom stereocenters. The molecule has 2 aliphatic rings. The van der Waals surface area contributed by atoms with Gasteiger partial charge in [-0.25, -0.2) is 4.98 Å². The summed E-state index contributed by atoms with van der Waals surface area (Å²) >= 11 is 0. The van der Waals surface area contributed by atoms with Crippen molar-refractivity contribution in [1.29, 1.82) is 0 Å². The van der Waals surface area contributed by atoms with E-state index in [1.54, 1.807) is 0 Å². The average Bonchev–Trinajstić information content (AvgIpc) is 2.98. The number of aromatic nitrogens is 1. The van der Waals surface area contributed by atoms with Gasteiger partial charge in [0, 0.05) is 30.9 Å². The van der Waals surface area contributed by atoms with E-state index in [1.807, 2.05) is 25.3 Å². The molecule has 110 valence electrons. The first-order valence-corrected chi connectivity index (χ1v) is 7.87. The first-order valence-electron chi connectivity index (χ1n) is 7.87. The van der Waals surface area contributed by atoms with Gasteiger partial charge in [0.25, 0.3) is 0 Å². The number of hydrogen-bond donors (Lipinski definition) is 1. The third-order valence-corrected chi connectivity index (χ3v) is 4.64. The van der Waals surface area contributed by atoms with Gasteiger partial charge in [0.05, 0.1) is 6.10 Å². The number of pyridine rings is 1. The summed E-state index contributed by atoms with van der Waals surface area (Å²) in [5, 5.41) is 9.90. The van der Waals surface area contributed by atoms with Crippen LogP contribution < -0.4 is 4.90 Å². The van der Waals surface area contributed by atoms with Crippen LogP contribution in [0.5, 0.6) is 0 Å². The molecule has 4 heteroatoms. The molecule has 1 aromatic rings. The lowest BCUT2D eigenvalue weighted by atomic mass is 10.1. The molecule has 3 rings (SSSR count). The number of anilines is 1. The molecule has 20 heavy (non-hydrogen) atoms. The molecule has 0 aliphatic carbocycles. The fourth-order valence-electron chi connectivity index (χ4n) is 3.52. The van der Waals surface area contributed by atoms with Crippen LogP contribution in [0, 0.1) is 0 Å². The number of hydrogen-bond acceptors (Lipinski definition) is 4. The fourth-order valence-corrected chi connectivity index (χ4v) is 3.52. The molecule has 3 heterocycles. The van der Waals surface area contributed by atoms with Crippen molar-refractivity contribution in [1.82, 2.24) is 9.88 Å². The second-order valence-corrected chi connectivity index (χ2v) is 6.08. The summed E-state index contributed by atoms with van der Waals surface area (Å²) in [4.78, 5) is 9.50. The Balaban J connectivity index is 1.70. The van der Waals surface area contributed by atoms with Gasteiger partial charge in [-0.1, -0.05) is 12.5 Å². The van der Waals surface area contributed by atoms with Crippen molar-refractivity contribution >= 4 is 5.82 Å². The second-order valence-electron chi connectivity index (χ2n) is 6.08. The number of piperidine rings is 1. The van der Waals surface area contributed by atoms with Crippen LogP contribution in [0.1, 0.15) is 44.3 Å². The lowest BCUT2D eigenvalue weighted by Crippen LogP contribution is -2.41. The Hall–Kier alpha value is -1.13. The molecule has 0 amide bonds. The first kappa shape index (κ1) is 13.8. The minimum absolute atomic E-state index is 0.451. The number of rotatable bonds is 3. The molecule has 1 N–H and O–H groups in total. The number of aliphatic hydroxyl groups is 1. The third-order valence-electron chi connectivity index (χ3n) is 4.64. The smallest absolute Gasteiger partial charge is 0.134 e. The van der Waals surface area contributed by atoms with E-state index in [-0.39, 0.29) is 0 Å². The van der Waals surface area contributed by atoms with E-state index in [0.29, 0.717) is 6.04 Å². The molecule has 0 bridgehead atoms. The van der Waals surface area contributed by atoms with Gasteiger partial charge in [0.1, 0.15) is 5.82 Å². The van der Waals surface area contributed by atoms with E-state index in [0.717, 1.165) is 24.5 Å². The van der Waals surface area contributed by atoms with Gasteiger partial charge in [-0.2, -0.15) is 0 Å². The van der Waals surface area contributed by atoms with Crippen molar-refractivity contribution in [3.05, 3.63) is 23.9 Å². The van der Waals surface area contributed by atoms with Crippen molar-refractivity contribution in [2.75, 3.05) is 31.1 Å².